The lowest BCUT2D eigenvalue weighted by Crippen LogP contribution is -2.39. The van der Waals surface area contributed by atoms with Gasteiger partial charge in [0.2, 0.25) is 0 Å². The summed E-state index contributed by atoms with van der Waals surface area (Å²) >= 11 is 0. The van der Waals surface area contributed by atoms with Gasteiger partial charge in [-0.25, -0.2) is 4.98 Å². The van der Waals surface area contributed by atoms with Crippen LogP contribution in [0.15, 0.2) is 12.4 Å². The van der Waals surface area contributed by atoms with Crippen molar-refractivity contribution in [3.8, 4) is 0 Å². The molecule has 5 nitrogen and oxygen atoms in total. The van der Waals surface area contributed by atoms with Crippen molar-refractivity contribution in [3.63, 3.8) is 0 Å². The van der Waals surface area contributed by atoms with Crippen LogP contribution in [0.2, 0.25) is 0 Å². The predicted octanol–water partition coefficient (Wildman–Crippen LogP) is 0.998. The molecule has 2 aliphatic heterocycles. The van der Waals surface area contributed by atoms with Gasteiger partial charge in [0, 0.05) is 44.6 Å². The number of rotatable bonds is 5. The summed E-state index contributed by atoms with van der Waals surface area (Å²) in [5.74, 6) is 1.20. The first-order valence-corrected chi connectivity index (χ1v) is 7.98. The maximum atomic E-state index is 6.18. The van der Waals surface area contributed by atoms with E-state index in [0.29, 0.717) is 12.2 Å². The average molecular weight is 276 g/mol. The Morgan fingerprint density at radius 1 is 1.20 bits per heavy atom. The Kier molecular flexibility index (Phi) is 3.50. The minimum atomic E-state index is 0.419. The van der Waals surface area contributed by atoms with E-state index in [1.807, 2.05) is 6.20 Å². The second-order valence-electron chi connectivity index (χ2n) is 6.41. The SMILES string of the molecule is c1cn2c(n1)CN(CC1CCC(CNC3CC3)O1)CC2. The summed E-state index contributed by atoms with van der Waals surface area (Å²) in [4.78, 5) is 6.91. The third-order valence-corrected chi connectivity index (χ3v) is 4.69. The van der Waals surface area contributed by atoms with Crippen LogP contribution < -0.4 is 5.32 Å². The van der Waals surface area contributed by atoms with Crippen molar-refractivity contribution in [2.45, 2.75) is 57.0 Å². The minimum Gasteiger partial charge on any atom is -0.372 e. The first-order chi connectivity index (χ1) is 9.87. The number of hydrogen-bond acceptors (Lipinski definition) is 4. The van der Waals surface area contributed by atoms with E-state index in [2.05, 4.69) is 26.0 Å². The highest BCUT2D eigenvalue weighted by molar-refractivity contribution is 4.96. The third kappa shape index (κ3) is 2.90. The van der Waals surface area contributed by atoms with Crippen LogP contribution in [0.3, 0.4) is 0 Å². The van der Waals surface area contributed by atoms with Crippen LogP contribution in [-0.4, -0.2) is 52.3 Å². The highest BCUT2D eigenvalue weighted by Gasteiger charge is 2.29. The molecule has 0 radical (unpaired) electrons. The normalized spacial score (nSPS) is 30.6. The van der Waals surface area contributed by atoms with Gasteiger partial charge in [0.05, 0.1) is 18.8 Å². The monoisotopic (exact) mass is 276 g/mol. The number of aromatic nitrogens is 2. The lowest BCUT2D eigenvalue weighted by atomic mass is 10.2. The summed E-state index contributed by atoms with van der Waals surface area (Å²) in [5, 5.41) is 3.58. The molecule has 0 aromatic carbocycles. The first kappa shape index (κ1) is 12.8. The smallest absolute Gasteiger partial charge is 0.122 e. The highest BCUT2D eigenvalue weighted by atomic mass is 16.5. The zero-order valence-electron chi connectivity index (χ0n) is 12.0. The standard InChI is InChI=1S/C15H24N4O/c1-2-12(1)17-9-13-3-4-14(20-13)10-18-7-8-19-6-5-16-15(19)11-18/h5-6,12-14,17H,1-4,7-11H2. The number of ether oxygens (including phenoxy) is 1. The molecule has 5 heteroatoms. The van der Waals surface area contributed by atoms with E-state index in [1.165, 1.54) is 31.5 Å². The molecule has 4 rings (SSSR count). The lowest BCUT2D eigenvalue weighted by molar-refractivity contribution is 0.0178. The second kappa shape index (κ2) is 5.47. The highest BCUT2D eigenvalue weighted by Crippen LogP contribution is 2.24. The van der Waals surface area contributed by atoms with Gasteiger partial charge in [0.15, 0.2) is 0 Å². The molecular weight excluding hydrogens is 252 g/mol. The van der Waals surface area contributed by atoms with E-state index in [4.69, 9.17) is 4.74 Å². The number of imidazole rings is 1. The van der Waals surface area contributed by atoms with Crippen molar-refractivity contribution < 1.29 is 4.74 Å². The Morgan fingerprint density at radius 2 is 2.10 bits per heavy atom. The van der Waals surface area contributed by atoms with E-state index < -0.39 is 0 Å². The minimum absolute atomic E-state index is 0.419. The van der Waals surface area contributed by atoms with Gasteiger partial charge < -0.3 is 14.6 Å². The fourth-order valence-corrected chi connectivity index (χ4v) is 3.32. The van der Waals surface area contributed by atoms with Gasteiger partial charge in [-0.05, 0) is 25.7 Å². The van der Waals surface area contributed by atoms with Crippen molar-refractivity contribution in [1.29, 1.82) is 0 Å². The quantitative estimate of drug-likeness (QED) is 0.871. The van der Waals surface area contributed by atoms with Gasteiger partial charge in [-0.2, -0.15) is 0 Å². The van der Waals surface area contributed by atoms with Crippen LogP contribution in [0, 0.1) is 0 Å². The molecule has 2 unspecified atom stereocenters. The molecule has 3 aliphatic rings. The molecule has 20 heavy (non-hydrogen) atoms. The molecule has 0 spiro atoms. The van der Waals surface area contributed by atoms with Gasteiger partial charge in [-0.3, -0.25) is 4.90 Å². The largest absolute Gasteiger partial charge is 0.372 e. The van der Waals surface area contributed by atoms with Gasteiger partial charge >= 0.3 is 0 Å². The molecule has 0 bridgehead atoms. The van der Waals surface area contributed by atoms with Gasteiger partial charge in [0.25, 0.3) is 0 Å². The maximum absolute atomic E-state index is 6.18. The molecule has 1 saturated carbocycles. The lowest BCUT2D eigenvalue weighted by Gasteiger charge is -2.29. The van der Waals surface area contributed by atoms with Gasteiger partial charge in [0.1, 0.15) is 5.82 Å². The maximum Gasteiger partial charge on any atom is 0.122 e. The molecule has 1 saturated heterocycles. The Morgan fingerprint density at radius 3 is 3.00 bits per heavy atom. The van der Waals surface area contributed by atoms with Crippen LogP contribution in [-0.2, 0) is 17.8 Å². The van der Waals surface area contributed by atoms with E-state index in [9.17, 15) is 0 Å². The summed E-state index contributed by atoms with van der Waals surface area (Å²) in [6, 6.07) is 0.790. The molecule has 2 fully saturated rings. The number of fused-ring (bicyclic) bond motifs is 1. The van der Waals surface area contributed by atoms with Gasteiger partial charge in [-0.15, -0.1) is 0 Å². The van der Waals surface area contributed by atoms with Crippen LogP contribution in [0.5, 0.6) is 0 Å². The number of nitrogens with zero attached hydrogens (tertiary/aromatic N) is 3. The first-order valence-electron chi connectivity index (χ1n) is 7.98. The fraction of sp³-hybridized carbons (Fsp3) is 0.800. The molecule has 1 N–H and O–H groups in total. The van der Waals surface area contributed by atoms with Crippen molar-refractivity contribution in [3.05, 3.63) is 18.2 Å². The van der Waals surface area contributed by atoms with Crippen LogP contribution in [0.4, 0.5) is 0 Å². The fourth-order valence-electron chi connectivity index (χ4n) is 3.32. The number of nitrogens with one attached hydrogen (secondary N) is 1. The second-order valence-corrected chi connectivity index (χ2v) is 6.41. The molecule has 1 aliphatic carbocycles. The third-order valence-electron chi connectivity index (χ3n) is 4.69. The zero-order chi connectivity index (χ0) is 13.4. The van der Waals surface area contributed by atoms with Crippen molar-refractivity contribution in [2.24, 2.45) is 0 Å². The summed E-state index contributed by atoms with van der Waals surface area (Å²) < 4.78 is 8.44. The molecular formula is C15H24N4O. The van der Waals surface area contributed by atoms with E-state index in [0.717, 1.165) is 38.8 Å². The Balaban J connectivity index is 1.24. The van der Waals surface area contributed by atoms with E-state index in [1.54, 1.807) is 0 Å². The van der Waals surface area contributed by atoms with E-state index >= 15 is 0 Å². The van der Waals surface area contributed by atoms with Crippen molar-refractivity contribution in [2.75, 3.05) is 19.6 Å². The summed E-state index contributed by atoms with van der Waals surface area (Å²) in [7, 11) is 0. The van der Waals surface area contributed by atoms with Crippen LogP contribution in [0.25, 0.3) is 0 Å². The summed E-state index contributed by atoms with van der Waals surface area (Å²) in [5.41, 5.74) is 0. The Bertz CT molecular complexity index is 456. The Hall–Kier alpha value is -0.910. The molecule has 1 aromatic rings. The van der Waals surface area contributed by atoms with Gasteiger partial charge in [-0.1, -0.05) is 0 Å². The number of hydrogen-bond donors (Lipinski definition) is 1. The molecule has 1 aromatic heterocycles. The molecule has 0 amide bonds. The molecule has 2 atom stereocenters. The van der Waals surface area contributed by atoms with Crippen LogP contribution in [0.1, 0.15) is 31.5 Å². The van der Waals surface area contributed by atoms with E-state index in [-0.39, 0.29) is 0 Å². The van der Waals surface area contributed by atoms with Crippen molar-refractivity contribution >= 4 is 0 Å². The van der Waals surface area contributed by atoms with Crippen molar-refractivity contribution in [1.82, 2.24) is 19.8 Å². The predicted molar refractivity (Wildman–Crippen MR) is 76.4 cm³/mol. The van der Waals surface area contributed by atoms with Crippen LogP contribution >= 0.6 is 0 Å². The zero-order valence-corrected chi connectivity index (χ0v) is 12.0. The molecule has 110 valence electrons. The average Bonchev–Trinajstić information content (AvgIpc) is 2.99. The topological polar surface area (TPSA) is 42.3 Å². The molecule has 3 heterocycles. The Labute approximate surface area is 120 Å². The summed E-state index contributed by atoms with van der Waals surface area (Å²) in [6.07, 6.45) is 9.99. The summed E-state index contributed by atoms with van der Waals surface area (Å²) in [6.45, 7) is 5.26.